The molecule has 0 aromatic rings. The minimum Gasteiger partial charge on any atom is -0.381 e. The molecule has 0 amide bonds. The topological polar surface area (TPSA) is 24.5 Å². The van der Waals surface area contributed by atoms with Crippen molar-refractivity contribution in [3.8, 4) is 0 Å². The maximum Gasteiger partial charge on any atom is 0.0546 e. The molecular weight excluding hydrogens is 236 g/mol. The van der Waals surface area contributed by atoms with Crippen molar-refractivity contribution >= 4 is 0 Å². The molecule has 2 rings (SSSR count). The second-order valence-electron chi connectivity index (χ2n) is 6.77. The molecule has 19 heavy (non-hydrogen) atoms. The van der Waals surface area contributed by atoms with Crippen LogP contribution in [0.1, 0.15) is 46.5 Å². The average molecular weight is 268 g/mol. The Balaban J connectivity index is 1.98. The minimum absolute atomic E-state index is 0.347. The molecule has 3 atom stereocenters. The van der Waals surface area contributed by atoms with Crippen molar-refractivity contribution in [2.75, 3.05) is 39.4 Å². The third-order valence-electron chi connectivity index (χ3n) is 5.20. The molecule has 2 aliphatic heterocycles. The lowest BCUT2D eigenvalue weighted by atomic mass is 9.80. The fraction of sp³-hybridized carbons (Fsp3) is 1.00. The van der Waals surface area contributed by atoms with E-state index in [9.17, 15) is 0 Å². The molecule has 3 heteroatoms. The van der Waals surface area contributed by atoms with Crippen LogP contribution >= 0.6 is 0 Å². The molecule has 2 fully saturated rings. The Hall–Kier alpha value is -0.120. The summed E-state index contributed by atoms with van der Waals surface area (Å²) in [6, 6.07) is 0.731. The first-order valence-corrected chi connectivity index (χ1v) is 8.19. The van der Waals surface area contributed by atoms with Gasteiger partial charge in [0.25, 0.3) is 0 Å². The molecule has 0 aromatic carbocycles. The molecule has 0 aromatic heterocycles. The van der Waals surface area contributed by atoms with Crippen LogP contribution < -0.4 is 5.32 Å². The van der Waals surface area contributed by atoms with Gasteiger partial charge in [-0.25, -0.2) is 0 Å². The Morgan fingerprint density at radius 2 is 2.16 bits per heavy atom. The maximum absolute atomic E-state index is 5.82. The van der Waals surface area contributed by atoms with E-state index in [-0.39, 0.29) is 0 Å². The summed E-state index contributed by atoms with van der Waals surface area (Å²) in [6.45, 7) is 13.6. The van der Waals surface area contributed by atoms with Crippen LogP contribution in [0.25, 0.3) is 0 Å². The van der Waals surface area contributed by atoms with Crippen LogP contribution in [0.3, 0.4) is 0 Å². The van der Waals surface area contributed by atoms with Crippen LogP contribution in [0, 0.1) is 11.3 Å². The van der Waals surface area contributed by atoms with Crippen LogP contribution in [-0.2, 0) is 4.74 Å². The fourth-order valence-electron chi connectivity index (χ4n) is 3.70. The lowest BCUT2D eigenvalue weighted by Crippen LogP contribution is -2.53. The molecule has 0 saturated carbocycles. The van der Waals surface area contributed by atoms with E-state index in [1.807, 2.05) is 0 Å². The van der Waals surface area contributed by atoms with Crippen LogP contribution in [0.15, 0.2) is 0 Å². The van der Waals surface area contributed by atoms with Gasteiger partial charge in [0.1, 0.15) is 0 Å². The third-order valence-corrected chi connectivity index (χ3v) is 5.20. The quantitative estimate of drug-likeness (QED) is 0.829. The molecule has 0 spiro atoms. The van der Waals surface area contributed by atoms with Crippen molar-refractivity contribution in [2.24, 2.45) is 11.3 Å². The summed E-state index contributed by atoms with van der Waals surface area (Å²) in [4.78, 5) is 2.72. The van der Waals surface area contributed by atoms with Crippen molar-refractivity contribution in [1.29, 1.82) is 0 Å². The molecule has 112 valence electrons. The normalized spacial score (nSPS) is 37.4. The van der Waals surface area contributed by atoms with Crippen molar-refractivity contribution in [3.63, 3.8) is 0 Å². The van der Waals surface area contributed by atoms with E-state index in [4.69, 9.17) is 4.74 Å². The van der Waals surface area contributed by atoms with Crippen molar-refractivity contribution < 1.29 is 4.74 Å². The Bertz CT molecular complexity index is 263. The second-order valence-corrected chi connectivity index (χ2v) is 6.77. The van der Waals surface area contributed by atoms with Gasteiger partial charge >= 0.3 is 0 Å². The highest BCUT2D eigenvalue weighted by Crippen LogP contribution is 2.32. The number of nitrogens with zero attached hydrogens (tertiary/aromatic N) is 1. The van der Waals surface area contributed by atoms with Crippen LogP contribution in [0.5, 0.6) is 0 Å². The average Bonchev–Trinajstić information content (AvgIpc) is 2.43. The summed E-state index contributed by atoms with van der Waals surface area (Å²) in [7, 11) is 0. The number of piperidine rings is 1. The highest BCUT2D eigenvalue weighted by atomic mass is 16.5. The van der Waals surface area contributed by atoms with E-state index in [0.29, 0.717) is 5.41 Å². The second kappa shape index (κ2) is 7.05. The molecule has 0 aliphatic carbocycles. The Morgan fingerprint density at radius 1 is 1.32 bits per heavy atom. The van der Waals surface area contributed by atoms with Crippen LogP contribution in [-0.4, -0.2) is 50.3 Å². The number of ether oxygens (including phenoxy) is 1. The first-order valence-electron chi connectivity index (χ1n) is 8.19. The lowest BCUT2D eigenvalue weighted by molar-refractivity contribution is -0.0411. The zero-order valence-electron chi connectivity index (χ0n) is 13.1. The summed E-state index contributed by atoms with van der Waals surface area (Å²) in [6.07, 6.45) is 5.30. The fourth-order valence-corrected chi connectivity index (χ4v) is 3.70. The SMILES string of the molecule is CCNCC1(CN2CCCC(C)C2C)CCCOC1. The number of hydrogen-bond donors (Lipinski definition) is 1. The summed E-state index contributed by atoms with van der Waals surface area (Å²) < 4.78 is 5.82. The van der Waals surface area contributed by atoms with Gasteiger partial charge in [0.15, 0.2) is 0 Å². The molecule has 2 saturated heterocycles. The molecule has 3 unspecified atom stereocenters. The Morgan fingerprint density at radius 3 is 2.84 bits per heavy atom. The molecule has 0 bridgehead atoms. The van der Waals surface area contributed by atoms with Gasteiger partial charge in [-0.15, -0.1) is 0 Å². The van der Waals surface area contributed by atoms with Crippen LogP contribution in [0.2, 0.25) is 0 Å². The number of likely N-dealkylation sites (tertiary alicyclic amines) is 1. The lowest BCUT2D eigenvalue weighted by Gasteiger charge is -2.46. The highest BCUT2D eigenvalue weighted by Gasteiger charge is 2.37. The standard InChI is InChI=1S/C16H32N2O/c1-4-17-11-16(8-6-10-19-13-16)12-18-9-5-7-14(2)15(18)3/h14-15,17H,4-13H2,1-3H3. The molecular formula is C16H32N2O. The minimum atomic E-state index is 0.347. The predicted octanol–water partition coefficient (Wildman–Crippen LogP) is 2.51. The van der Waals surface area contributed by atoms with Gasteiger partial charge in [0.2, 0.25) is 0 Å². The summed E-state index contributed by atoms with van der Waals surface area (Å²) in [5.41, 5.74) is 0.347. The number of rotatable bonds is 5. The van der Waals surface area contributed by atoms with Crippen molar-refractivity contribution in [2.45, 2.75) is 52.5 Å². The maximum atomic E-state index is 5.82. The summed E-state index contributed by atoms with van der Waals surface area (Å²) in [5, 5.41) is 3.57. The van der Waals surface area contributed by atoms with E-state index >= 15 is 0 Å². The van der Waals surface area contributed by atoms with E-state index in [0.717, 1.165) is 38.3 Å². The Labute approximate surface area is 119 Å². The van der Waals surface area contributed by atoms with Crippen molar-refractivity contribution in [1.82, 2.24) is 10.2 Å². The van der Waals surface area contributed by atoms with Gasteiger partial charge in [0, 0.05) is 31.2 Å². The first kappa shape index (κ1) is 15.3. The third kappa shape index (κ3) is 3.93. The highest BCUT2D eigenvalue weighted by molar-refractivity contribution is 4.90. The van der Waals surface area contributed by atoms with Gasteiger partial charge in [-0.1, -0.05) is 13.8 Å². The monoisotopic (exact) mass is 268 g/mol. The molecule has 1 N–H and O–H groups in total. The molecule has 3 nitrogen and oxygen atoms in total. The van der Waals surface area contributed by atoms with Gasteiger partial charge in [0.05, 0.1) is 6.61 Å². The van der Waals surface area contributed by atoms with E-state index in [1.54, 1.807) is 0 Å². The Kier molecular flexibility index (Phi) is 5.67. The smallest absolute Gasteiger partial charge is 0.0546 e. The molecule has 2 aliphatic rings. The van der Waals surface area contributed by atoms with Crippen molar-refractivity contribution in [3.05, 3.63) is 0 Å². The van der Waals surface area contributed by atoms with E-state index in [1.165, 1.54) is 38.8 Å². The summed E-state index contributed by atoms with van der Waals surface area (Å²) in [5.74, 6) is 0.842. The van der Waals surface area contributed by atoms with E-state index < -0.39 is 0 Å². The zero-order chi connectivity index (χ0) is 13.7. The summed E-state index contributed by atoms with van der Waals surface area (Å²) >= 11 is 0. The van der Waals surface area contributed by atoms with Gasteiger partial charge in [-0.05, 0) is 51.6 Å². The number of nitrogens with one attached hydrogen (secondary N) is 1. The van der Waals surface area contributed by atoms with Crippen LogP contribution in [0.4, 0.5) is 0 Å². The first-order chi connectivity index (χ1) is 9.17. The predicted molar refractivity (Wildman–Crippen MR) is 80.5 cm³/mol. The van der Waals surface area contributed by atoms with Gasteiger partial charge in [-0.3, -0.25) is 4.90 Å². The molecule has 0 radical (unpaired) electrons. The zero-order valence-corrected chi connectivity index (χ0v) is 13.1. The number of hydrogen-bond acceptors (Lipinski definition) is 3. The van der Waals surface area contributed by atoms with Gasteiger partial charge in [-0.2, -0.15) is 0 Å². The van der Waals surface area contributed by atoms with E-state index in [2.05, 4.69) is 31.0 Å². The largest absolute Gasteiger partial charge is 0.381 e. The van der Waals surface area contributed by atoms with Gasteiger partial charge < -0.3 is 10.1 Å². The molecule has 2 heterocycles.